The van der Waals surface area contributed by atoms with Crippen molar-refractivity contribution in [3.8, 4) is 0 Å². The molecule has 94 valence electrons. The van der Waals surface area contributed by atoms with Gasteiger partial charge in [-0.15, -0.1) is 0 Å². The Labute approximate surface area is 98.8 Å². The van der Waals surface area contributed by atoms with E-state index in [9.17, 15) is 9.59 Å². The van der Waals surface area contributed by atoms with Gasteiger partial charge in [-0.05, 0) is 12.0 Å². The summed E-state index contributed by atoms with van der Waals surface area (Å²) >= 11 is 0. The third-order valence-corrected chi connectivity index (χ3v) is 1.98. The van der Waals surface area contributed by atoms with Gasteiger partial charge in [0.25, 0.3) is 5.56 Å². The van der Waals surface area contributed by atoms with Crippen LogP contribution in [-0.4, -0.2) is 34.1 Å². The minimum absolute atomic E-state index is 0.145. The fourth-order valence-corrected chi connectivity index (χ4v) is 1.19. The maximum absolute atomic E-state index is 11.4. The van der Waals surface area contributed by atoms with Crippen LogP contribution < -0.4 is 5.56 Å². The van der Waals surface area contributed by atoms with E-state index in [0.717, 1.165) is 4.68 Å². The molecule has 1 rings (SSSR count). The Morgan fingerprint density at radius 2 is 2.24 bits per heavy atom. The largest absolute Gasteiger partial charge is 0.476 e. The van der Waals surface area contributed by atoms with E-state index in [-0.39, 0.29) is 17.8 Å². The minimum Gasteiger partial charge on any atom is -0.476 e. The topological polar surface area (TPSA) is 81.4 Å². The van der Waals surface area contributed by atoms with Gasteiger partial charge in [-0.3, -0.25) is 4.79 Å². The van der Waals surface area contributed by atoms with Gasteiger partial charge in [-0.1, -0.05) is 13.8 Å². The molecule has 0 fully saturated rings. The van der Waals surface area contributed by atoms with Gasteiger partial charge in [-0.2, -0.15) is 5.10 Å². The Hall–Kier alpha value is -1.69. The van der Waals surface area contributed by atoms with Gasteiger partial charge < -0.3 is 9.84 Å². The van der Waals surface area contributed by atoms with Gasteiger partial charge in [0, 0.05) is 12.7 Å². The molecular formula is C11H16N2O4. The molecule has 0 spiro atoms. The van der Waals surface area contributed by atoms with Crippen LogP contribution in [0.2, 0.25) is 0 Å². The van der Waals surface area contributed by atoms with Crippen LogP contribution in [0.15, 0.2) is 16.9 Å². The average molecular weight is 240 g/mol. The summed E-state index contributed by atoms with van der Waals surface area (Å²) in [6.07, 6.45) is 0. The molecule has 1 heterocycles. The molecule has 0 aliphatic rings. The number of ether oxygens (including phenoxy) is 1. The standard InChI is InChI=1S/C11H16N2O4/c1-8(2)7-17-6-5-13-10(14)4-3-9(12-13)11(15)16/h3-4,8H,5-7H2,1-2H3,(H,15,16). The lowest BCUT2D eigenvalue weighted by atomic mass is 10.2. The van der Waals surface area contributed by atoms with Crippen molar-refractivity contribution in [2.75, 3.05) is 13.2 Å². The fourth-order valence-electron chi connectivity index (χ4n) is 1.19. The number of nitrogens with zero attached hydrogens (tertiary/aromatic N) is 2. The highest BCUT2D eigenvalue weighted by molar-refractivity contribution is 5.84. The zero-order valence-electron chi connectivity index (χ0n) is 9.92. The number of carboxylic acids is 1. The van der Waals surface area contributed by atoms with E-state index in [4.69, 9.17) is 9.84 Å². The van der Waals surface area contributed by atoms with Gasteiger partial charge in [0.1, 0.15) is 0 Å². The van der Waals surface area contributed by atoms with Crippen LogP contribution >= 0.6 is 0 Å². The normalized spacial score (nSPS) is 10.8. The second kappa shape index (κ2) is 6.15. The SMILES string of the molecule is CC(C)COCCn1nc(C(=O)O)ccc1=O. The maximum Gasteiger partial charge on any atom is 0.356 e. The second-order valence-electron chi connectivity index (χ2n) is 4.05. The lowest BCUT2D eigenvalue weighted by Gasteiger charge is -2.08. The third-order valence-electron chi connectivity index (χ3n) is 1.98. The summed E-state index contributed by atoms with van der Waals surface area (Å²) in [6, 6.07) is 2.38. The smallest absolute Gasteiger partial charge is 0.356 e. The van der Waals surface area contributed by atoms with Crippen molar-refractivity contribution in [3.05, 3.63) is 28.2 Å². The lowest BCUT2D eigenvalue weighted by molar-refractivity contribution is 0.0684. The predicted octanol–water partition coefficient (Wildman–Crippen LogP) is 0.614. The molecule has 1 aromatic rings. The molecule has 0 aliphatic heterocycles. The highest BCUT2D eigenvalue weighted by Crippen LogP contribution is 1.93. The van der Waals surface area contributed by atoms with Crippen LogP contribution in [0.25, 0.3) is 0 Å². The van der Waals surface area contributed by atoms with Crippen molar-refractivity contribution in [2.45, 2.75) is 20.4 Å². The summed E-state index contributed by atoms with van der Waals surface area (Å²) in [7, 11) is 0. The summed E-state index contributed by atoms with van der Waals surface area (Å²) < 4.78 is 6.41. The first kappa shape index (κ1) is 13.4. The van der Waals surface area contributed by atoms with Crippen LogP contribution in [0.1, 0.15) is 24.3 Å². The quantitative estimate of drug-likeness (QED) is 0.737. The first-order valence-corrected chi connectivity index (χ1v) is 5.40. The predicted molar refractivity (Wildman–Crippen MR) is 61.1 cm³/mol. The number of hydrogen-bond donors (Lipinski definition) is 1. The first-order valence-electron chi connectivity index (χ1n) is 5.40. The molecule has 0 saturated heterocycles. The molecule has 0 aromatic carbocycles. The molecule has 6 nitrogen and oxygen atoms in total. The van der Waals surface area contributed by atoms with Crippen molar-refractivity contribution < 1.29 is 14.6 Å². The molecule has 17 heavy (non-hydrogen) atoms. The van der Waals surface area contributed by atoms with E-state index in [1.807, 2.05) is 13.8 Å². The van der Waals surface area contributed by atoms with E-state index >= 15 is 0 Å². The molecule has 0 bridgehead atoms. The zero-order valence-corrected chi connectivity index (χ0v) is 9.92. The number of carboxylic acid groups (broad SMARTS) is 1. The van der Waals surface area contributed by atoms with E-state index in [0.29, 0.717) is 19.1 Å². The van der Waals surface area contributed by atoms with Crippen LogP contribution in [-0.2, 0) is 11.3 Å². The van der Waals surface area contributed by atoms with Crippen molar-refractivity contribution in [1.82, 2.24) is 9.78 Å². The maximum atomic E-state index is 11.4. The highest BCUT2D eigenvalue weighted by atomic mass is 16.5. The molecule has 0 radical (unpaired) electrons. The van der Waals surface area contributed by atoms with Crippen molar-refractivity contribution >= 4 is 5.97 Å². The average Bonchev–Trinajstić information content (AvgIpc) is 2.25. The fraction of sp³-hybridized carbons (Fsp3) is 0.545. The summed E-state index contributed by atoms with van der Waals surface area (Å²) in [6.45, 7) is 5.25. The molecular weight excluding hydrogens is 224 g/mol. The van der Waals surface area contributed by atoms with Crippen LogP contribution in [0.4, 0.5) is 0 Å². The van der Waals surface area contributed by atoms with Crippen LogP contribution in [0.3, 0.4) is 0 Å². The van der Waals surface area contributed by atoms with Gasteiger partial charge in [0.2, 0.25) is 0 Å². The second-order valence-corrected chi connectivity index (χ2v) is 4.05. The Morgan fingerprint density at radius 1 is 1.53 bits per heavy atom. The van der Waals surface area contributed by atoms with Gasteiger partial charge in [-0.25, -0.2) is 9.48 Å². The van der Waals surface area contributed by atoms with E-state index in [2.05, 4.69) is 5.10 Å². The molecule has 0 aliphatic carbocycles. The Balaban J connectivity index is 2.61. The van der Waals surface area contributed by atoms with Gasteiger partial charge in [0.15, 0.2) is 5.69 Å². The van der Waals surface area contributed by atoms with Crippen molar-refractivity contribution in [3.63, 3.8) is 0 Å². The summed E-state index contributed by atoms with van der Waals surface area (Å²) in [5.74, 6) is -0.730. The number of hydrogen-bond acceptors (Lipinski definition) is 4. The number of aromatic nitrogens is 2. The Kier molecular flexibility index (Phi) is 4.84. The first-order chi connectivity index (χ1) is 8.00. The number of rotatable bonds is 6. The van der Waals surface area contributed by atoms with E-state index in [1.165, 1.54) is 12.1 Å². The Morgan fingerprint density at radius 3 is 2.82 bits per heavy atom. The number of aromatic carboxylic acids is 1. The monoisotopic (exact) mass is 240 g/mol. The van der Waals surface area contributed by atoms with E-state index < -0.39 is 5.97 Å². The molecule has 1 aromatic heterocycles. The van der Waals surface area contributed by atoms with E-state index in [1.54, 1.807) is 0 Å². The zero-order chi connectivity index (χ0) is 12.8. The minimum atomic E-state index is -1.15. The molecule has 0 amide bonds. The summed E-state index contributed by atoms with van der Waals surface area (Å²) in [5, 5.41) is 12.4. The van der Waals surface area contributed by atoms with Crippen LogP contribution in [0.5, 0.6) is 0 Å². The highest BCUT2D eigenvalue weighted by Gasteiger charge is 2.06. The van der Waals surface area contributed by atoms with Crippen molar-refractivity contribution in [1.29, 1.82) is 0 Å². The molecule has 0 atom stereocenters. The van der Waals surface area contributed by atoms with Crippen molar-refractivity contribution in [2.24, 2.45) is 5.92 Å². The summed E-state index contributed by atoms with van der Waals surface area (Å²) in [5.41, 5.74) is -0.475. The third kappa shape index (κ3) is 4.36. The van der Waals surface area contributed by atoms with Crippen LogP contribution in [0, 0.1) is 5.92 Å². The molecule has 1 N–H and O–H groups in total. The lowest BCUT2D eigenvalue weighted by Crippen LogP contribution is -2.26. The number of carbonyl (C=O) groups is 1. The van der Waals surface area contributed by atoms with Gasteiger partial charge in [0.05, 0.1) is 13.2 Å². The molecule has 0 unspecified atom stereocenters. The molecule has 6 heteroatoms. The summed E-state index contributed by atoms with van der Waals surface area (Å²) in [4.78, 5) is 22.0. The molecule has 0 saturated carbocycles. The Bertz CT molecular complexity index is 439. The van der Waals surface area contributed by atoms with Gasteiger partial charge >= 0.3 is 5.97 Å².